The average Bonchev–Trinajstić information content (AvgIpc) is 3.21. The molecule has 0 saturated heterocycles. The molecular formula is C26H23FN2O3. The Morgan fingerprint density at radius 3 is 2.56 bits per heavy atom. The highest BCUT2D eigenvalue weighted by atomic mass is 19.1. The van der Waals surface area contributed by atoms with Crippen LogP contribution < -0.4 is 9.47 Å². The highest BCUT2D eigenvalue weighted by Crippen LogP contribution is 2.44. The van der Waals surface area contributed by atoms with E-state index in [-0.39, 0.29) is 11.5 Å². The summed E-state index contributed by atoms with van der Waals surface area (Å²) < 4.78 is 25.8. The van der Waals surface area contributed by atoms with Crippen molar-refractivity contribution in [2.24, 2.45) is 0 Å². The first-order valence-corrected chi connectivity index (χ1v) is 10.5. The van der Waals surface area contributed by atoms with Crippen LogP contribution in [0.1, 0.15) is 33.2 Å². The molecule has 0 spiro atoms. The minimum absolute atomic E-state index is 0.0546. The van der Waals surface area contributed by atoms with E-state index in [9.17, 15) is 9.18 Å². The molecule has 0 fully saturated rings. The van der Waals surface area contributed by atoms with Crippen molar-refractivity contribution in [2.75, 3.05) is 20.8 Å². The fourth-order valence-electron chi connectivity index (χ4n) is 4.70. The number of H-pyrrole nitrogens is 1. The molecule has 6 heteroatoms. The standard InChI is InChI=1S/C26H23FN2O3/c1-31-22-13-7-10-19(25(22)32-2)24-23-17(16-8-4-6-12-21(16)28-23)14-15-29(24)26(30)18-9-3-5-11-20(18)27/h3-13,24,28H,14-15H2,1-2H3/t24-/m0/s1. The van der Waals surface area contributed by atoms with Gasteiger partial charge in [0.25, 0.3) is 5.91 Å². The van der Waals surface area contributed by atoms with Gasteiger partial charge in [0.1, 0.15) is 11.9 Å². The van der Waals surface area contributed by atoms with E-state index in [2.05, 4.69) is 11.1 Å². The van der Waals surface area contributed by atoms with E-state index >= 15 is 0 Å². The summed E-state index contributed by atoms with van der Waals surface area (Å²) >= 11 is 0. The summed E-state index contributed by atoms with van der Waals surface area (Å²) in [4.78, 5) is 18.8. The summed E-state index contributed by atoms with van der Waals surface area (Å²) in [7, 11) is 3.17. The van der Waals surface area contributed by atoms with Crippen molar-refractivity contribution in [1.29, 1.82) is 0 Å². The number of rotatable bonds is 4. The Kier molecular flexibility index (Phi) is 5.05. The molecule has 1 atom stereocenters. The molecule has 4 aromatic rings. The van der Waals surface area contributed by atoms with Gasteiger partial charge in [-0.15, -0.1) is 0 Å². The number of hydrogen-bond acceptors (Lipinski definition) is 3. The predicted molar refractivity (Wildman–Crippen MR) is 121 cm³/mol. The lowest BCUT2D eigenvalue weighted by Gasteiger charge is -2.37. The fourth-order valence-corrected chi connectivity index (χ4v) is 4.70. The normalized spacial score (nSPS) is 15.5. The topological polar surface area (TPSA) is 54.6 Å². The van der Waals surface area contributed by atoms with Gasteiger partial charge in [-0.3, -0.25) is 4.79 Å². The van der Waals surface area contributed by atoms with Crippen molar-refractivity contribution in [3.63, 3.8) is 0 Å². The number of ether oxygens (including phenoxy) is 2. The van der Waals surface area contributed by atoms with Gasteiger partial charge in [-0.1, -0.05) is 42.5 Å². The number of aromatic nitrogens is 1. The molecule has 0 aliphatic carbocycles. The summed E-state index contributed by atoms with van der Waals surface area (Å²) in [5, 5.41) is 1.13. The summed E-state index contributed by atoms with van der Waals surface area (Å²) in [5.74, 6) is 0.239. The second-order valence-corrected chi connectivity index (χ2v) is 7.78. The van der Waals surface area contributed by atoms with Crippen LogP contribution in [0.15, 0.2) is 66.7 Å². The second kappa shape index (κ2) is 8.04. The molecule has 0 radical (unpaired) electrons. The van der Waals surface area contributed by atoms with Gasteiger partial charge in [0, 0.05) is 28.7 Å². The van der Waals surface area contributed by atoms with Gasteiger partial charge in [-0.2, -0.15) is 0 Å². The van der Waals surface area contributed by atoms with Gasteiger partial charge in [0.2, 0.25) is 0 Å². The van der Waals surface area contributed by atoms with E-state index in [0.717, 1.165) is 27.7 Å². The molecule has 1 aromatic heterocycles. The van der Waals surface area contributed by atoms with E-state index in [1.165, 1.54) is 12.1 Å². The van der Waals surface area contributed by atoms with Crippen LogP contribution in [0.5, 0.6) is 11.5 Å². The van der Waals surface area contributed by atoms with Gasteiger partial charge in [-0.05, 0) is 36.2 Å². The number of amides is 1. The lowest BCUT2D eigenvalue weighted by atomic mass is 9.91. The number of carbonyl (C=O) groups is 1. The zero-order chi connectivity index (χ0) is 22.2. The Hall–Kier alpha value is -3.80. The van der Waals surface area contributed by atoms with Gasteiger partial charge in [0.05, 0.1) is 19.8 Å². The van der Waals surface area contributed by atoms with E-state index in [1.54, 1.807) is 31.3 Å². The highest BCUT2D eigenvalue weighted by molar-refractivity contribution is 5.96. The summed E-state index contributed by atoms with van der Waals surface area (Å²) in [6.07, 6.45) is 0.669. The number of nitrogens with zero attached hydrogens (tertiary/aromatic N) is 1. The van der Waals surface area contributed by atoms with E-state index < -0.39 is 11.9 Å². The summed E-state index contributed by atoms with van der Waals surface area (Å²) in [6, 6.07) is 19.3. The highest BCUT2D eigenvalue weighted by Gasteiger charge is 2.37. The van der Waals surface area contributed by atoms with Gasteiger partial charge in [-0.25, -0.2) is 4.39 Å². The second-order valence-electron chi connectivity index (χ2n) is 7.78. The van der Waals surface area contributed by atoms with Crippen LogP contribution in [0, 0.1) is 5.82 Å². The number of fused-ring (bicyclic) bond motifs is 3. The molecule has 1 amide bonds. The number of benzene rings is 3. The first-order chi connectivity index (χ1) is 15.6. The largest absolute Gasteiger partial charge is 0.493 e. The third kappa shape index (κ3) is 3.11. The molecule has 2 heterocycles. The van der Waals surface area contributed by atoms with Gasteiger partial charge in [0.15, 0.2) is 11.5 Å². The molecule has 5 nitrogen and oxygen atoms in total. The lowest BCUT2D eigenvalue weighted by Crippen LogP contribution is -2.41. The maximum absolute atomic E-state index is 14.6. The maximum atomic E-state index is 14.6. The Labute approximate surface area is 185 Å². The molecule has 5 rings (SSSR count). The number of carbonyl (C=O) groups excluding carboxylic acids is 1. The van der Waals surface area contributed by atoms with Crippen LogP contribution in [0.2, 0.25) is 0 Å². The Balaban J connectivity index is 1.73. The lowest BCUT2D eigenvalue weighted by molar-refractivity contribution is 0.0685. The van der Waals surface area contributed by atoms with Crippen LogP contribution in [0.3, 0.4) is 0 Å². The number of aromatic amines is 1. The molecule has 162 valence electrons. The number of halogens is 1. The van der Waals surface area contributed by atoms with Crippen molar-refractivity contribution < 1.29 is 18.7 Å². The molecule has 1 N–H and O–H groups in total. The predicted octanol–water partition coefficient (Wildman–Crippen LogP) is 5.11. The molecule has 0 unspecified atom stereocenters. The third-order valence-corrected chi connectivity index (χ3v) is 6.13. The smallest absolute Gasteiger partial charge is 0.257 e. The summed E-state index contributed by atoms with van der Waals surface area (Å²) in [5.41, 5.74) is 3.91. The molecule has 32 heavy (non-hydrogen) atoms. The molecule has 1 aliphatic rings. The Morgan fingerprint density at radius 1 is 1.00 bits per heavy atom. The minimum atomic E-state index is -0.531. The maximum Gasteiger partial charge on any atom is 0.257 e. The van der Waals surface area contributed by atoms with Gasteiger partial charge >= 0.3 is 0 Å². The molecule has 3 aromatic carbocycles. The monoisotopic (exact) mass is 430 g/mol. The number of methoxy groups -OCH3 is 2. The molecule has 0 saturated carbocycles. The summed E-state index contributed by atoms with van der Waals surface area (Å²) in [6.45, 7) is 0.451. The van der Waals surface area contributed by atoms with Crippen LogP contribution in [0.25, 0.3) is 10.9 Å². The van der Waals surface area contributed by atoms with Crippen molar-refractivity contribution in [3.05, 3.63) is 94.9 Å². The quantitative estimate of drug-likeness (QED) is 0.489. The van der Waals surface area contributed by atoms with Crippen LogP contribution in [0.4, 0.5) is 4.39 Å². The van der Waals surface area contributed by atoms with Gasteiger partial charge < -0.3 is 19.4 Å². The van der Waals surface area contributed by atoms with E-state index in [4.69, 9.17) is 9.47 Å². The van der Waals surface area contributed by atoms with Crippen LogP contribution in [-0.2, 0) is 6.42 Å². The van der Waals surface area contributed by atoms with Crippen LogP contribution >= 0.6 is 0 Å². The van der Waals surface area contributed by atoms with Crippen molar-refractivity contribution in [3.8, 4) is 11.5 Å². The molecular weight excluding hydrogens is 407 g/mol. The SMILES string of the molecule is COc1cccc([C@H]2c3[nH]c4ccccc4c3CCN2C(=O)c2ccccc2F)c1OC. The number of para-hydroxylation sites is 2. The molecule has 0 bridgehead atoms. The zero-order valence-corrected chi connectivity index (χ0v) is 17.9. The molecule has 1 aliphatic heterocycles. The van der Waals surface area contributed by atoms with E-state index in [0.29, 0.717) is 24.5 Å². The van der Waals surface area contributed by atoms with Crippen molar-refractivity contribution in [1.82, 2.24) is 9.88 Å². The zero-order valence-electron chi connectivity index (χ0n) is 17.9. The van der Waals surface area contributed by atoms with Crippen molar-refractivity contribution >= 4 is 16.8 Å². The minimum Gasteiger partial charge on any atom is -0.493 e. The van der Waals surface area contributed by atoms with Crippen molar-refractivity contribution in [2.45, 2.75) is 12.5 Å². The van der Waals surface area contributed by atoms with Crippen LogP contribution in [-0.4, -0.2) is 36.6 Å². The number of nitrogens with one attached hydrogen (secondary N) is 1. The first-order valence-electron chi connectivity index (χ1n) is 10.5. The Bertz CT molecular complexity index is 1310. The van der Waals surface area contributed by atoms with E-state index in [1.807, 2.05) is 36.4 Å². The number of hydrogen-bond donors (Lipinski definition) is 1. The average molecular weight is 430 g/mol. The Morgan fingerprint density at radius 2 is 1.78 bits per heavy atom. The first kappa shape index (κ1) is 20.1. The fraction of sp³-hybridized carbons (Fsp3) is 0.192. The third-order valence-electron chi connectivity index (χ3n) is 6.13.